The highest BCUT2D eigenvalue weighted by Gasteiger charge is 2.22. The first-order chi connectivity index (χ1) is 20.1. The fourth-order valence-corrected chi connectivity index (χ4v) is 4.70. The number of nitrogens with zero attached hydrogens (tertiary/aromatic N) is 3. The third-order valence-corrected chi connectivity index (χ3v) is 7.00. The molecule has 1 fully saturated rings. The van der Waals surface area contributed by atoms with Gasteiger partial charge in [0.1, 0.15) is 25.2 Å². The molecule has 1 aliphatic rings. The number of rotatable bonds is 10. The zero-order chi connectivity index (χ0) is 28.4. The predicted molar refractivity (Wildman–Crippen MR) is 154 cm³/mol. The monoisotopic (exact) mass is 549 g/mol. The quantitative estimate of drug-likeness (QED) is 0.285. The number of ether oxygens (including phenoxy) is 2. The van der Waals surface area contributed by atoms with Crippen LogP contribution < -0.4 is 10.2 Å². The maximum Gasteiger partial charge on any atom is 0.248 e. The molecule has 8 heteroatoms. The van der Waals surface area contributed by atoms with Crippen LogP contribution in [0.25, 0.3) is 11.1 Å². The first-order valence-corrected chi connectivity index (χ1v) is 13.5. The fraction of sp³-hybridized carbons (Fsp3) is 0.242. The lowest BCUT2D eigenvalue weighted by atomic mass is 9.99. The molecule has 2 heterocycles. The lowest BCUT2D eigenvalue weighted by molar-refractivity contribution is -0.138. The summed E-state index contributed by atoms with van der Waals surface area (Å²) >= 11 is 0. The van der Waals surface area contributed by atoms with E-state index in [1.807, 2.05) is 77.7 Å². The molecule has 0 atom stereocenters. The molecule has 0 unspecified atom stereocenters. The van der Waals surface area contributed by atoms with Gasteiger partial charge >= 0.3 is 0 Å². The van der Waals surface area contributed by atoms with Crippen molar-refractivity contribution in [2.24, 2.45) is 0 Å². The minimum atomic E-state index is -0.241. The molecule has 4 aromatic rings. The van der Waals surface area contributed by atoms with Gasteiger partial charge in [-0.2, -0.15) is 5.26 Å². The van der Waals surface area contributed by atoms with Crippen LogP contribution in [0.4, 0.5) is 0 Å². The highest BCUT2D eigenvalue weighted by Crippen LogP contribution is 2.24. The highest BCUT2D eigenvalue weighted by atomic mass is 16.5. The average Bonchev–Trinajstić information content (AvgIpc) is 3.02. The molecule has 0 bridgehead atoms. The fourth-order valence-electron chi connectivity index (χ4n) is 4.70. The van der Waals surface area contributed by atoms with Crippen LogP contribution in [0, 0.1) is 11.3 Å². The molecule has 3 aromatic carbocycles. The maximum atomic E-state index is 12.7. The summed E-state index contributed by atoms with van der Waals surface area (Å²) in [5.41, 5.74) is 4.13. The Bertz CT molecular complexity index is 1550. The second-order valence-electron chi connectivity index (χ2n) is 9.85. The molecular formula is C33H31N3O5. The molecule has 0 spiro atoms. The topological polar surface area (TPSA) is 96.0 Å². The maximum absolute atomic E-state index is 12.7. The molecule has 0 aliphatic carbocycles. The molecule has 1 aliphatic heterocycles. The largest absolute Gasteiger partial charge is 0.482 e. The summed E-state index contributed by atoms with van der Waals surface area (Å²) in [6, 6.07) is 28.6. The molecule has 0 N–H and O–H groups in total. The van der Waals surface area contributed by atoms with Gasteiger partial charge < -0.3 is 18.8 Å². The van der Waals surface area contributed by atoms with Crippen LogP contribution >= 0.6 is 0 Å². The van der Waals surface area contributed by atoms with Gasteiger partial charge in [-0.15, -0.1) is 0 Å². The van der Waals surface area contributed by atoms with Crippen LogP contribution in [0.5, 0.6) is 5.75 Å². The Morgan fingerprint density at radius 1 is 0.878 bits per heavy atom. The Hall–Kier alpha value is -4.71. The number of nitriles is 1. The Morgan fingerprint density at radius 2 is 1.59 bits per heavy atom. The summed E-state index contributed by atoms with van der Waals surface area (Å²) in [5.74, 6) is 0.683. The minimum Gasteiger partial charge on any atom is -0.482 e. The van der Waals surface area contributed by atoms with Crippen molar-refractivity contribution in [3.8, 4) is 22.9 Å². The van der Waals surface area contributed by atoms with Crippen molar-refractivity contribution in [1.29, 1.82) is 5.26 Å². The summed E-state index contributed by atoms with van der Waals surface area (Å²) < 4.78 is 17.0. The third-order valence-electron chi connectivity index (χ3n) is 7.00. The van der Waals surface area contributed by atoms with Crippen molar-refractivity contribution in [2.75, 3.05) is 32.8 Å². The second kappa shape index (κ2) is 13.6. The van der Waals surface area contributed by atoms with E-state index in [1.165, 1.54) is 12.3 Å². The molecule has 1 amide bonds. The second-order valence-corrected chi connectivity index (χ2v) is 9.85. The van der Waals surface area contributed by atoms with Gasteiger partial charge in [-0.05, 0) is 28.3 Å². The summed E-state index contributed by atoms with van der Waals surface area (Å²) in [6.45, 7) is 3.73. The van der Waals surface area contributed by atoms with E-state index in [0.29, 0.717) is 50.7 Å². The number of hydrogen-bond donors (Lipinski definition) is 0. The summed E-state index contributed by atoms with van der Waals surface area (Å²) in [6.07, 6.45) is 1.36. The van der Waals surface area contributed by atoms with Gasteiger partial charge in [0.15, 0.2) is 0 Å². The van der Waals surface area contributed by atoms with Crippen LogP contribution in [0.3, 0.4) is 0 Å². The van der Waals surface area contributed by atoms with Crippen molar-refractivity contribution in [3.63, 3.8) is 0 Å². The lowest BCUT2D eigenvalue weighted by Crippen LogP contribution is -2.49. The van der Waals surface area contributed by atoms with E-state index in [9.17, 15) is 14.9 Å². The van der Waals surface area contributed by atoms with Crippen molar-refractivity contribution in [1.82, 2.24) is 9.80 Å². The van der Waals surface area contributed by atoms with E-state index in [0.717, 1.165) is 22.3 Å². The normalized spacial score (nSPS) is 13.5. The molecule has 0 radical (unpaired) electrons. The van der Waals surface area contributed by atoms with E-state index in [2.05, 4.69) is 11.0 Å². The van der Waals surface area contributed by atoms with Crippen LogP contribution in [0.1, 0.15) is 22.5 Å². The van der Waals surface area contributed by atoms with Crippen molar-refractivity contribution < 1.29 is 18.7 Å². The van der Waals surface area contributed by atoms with E-state index in [-0.39, 0.29) is 30.3 Å². The molecule has 5 rings (SSSR count). The number of piperazine rings is 1. The molecule has 8 nitrogen and oxygen atoms in total. The minimum absolute atomic E-state index is 0.0183. The first kappa shape index (κ1) is 27.8. The van der Waals surface area contributed by atoms with Crippen LogP contribution in [-0.2, 0) is 29.3 Å². The number of carbonyl (C=O) groups excluding carboxylic acids is 1. The Labute approximate surface area is 239 Å². The van der Waals surface area contributed by atoms with E-state index in [1.54, 1.807) is 6.07 Å². The van der Waals surface area contributed by atoms with Crippen LogP contribution in [0.15, 0.2) is 100 Å². The number of carbonyl (C=O) groups is 1. The van der Waals surface area contributed by atoms with Crippen molar-refractivity contribution in [3.05, 3.63) is 124 Å². The molecule has 41 heavy (non-hydrogen) atoms. The zero-order valence-electron chi connectivity index (χ0n) is 22.7. The average molecular weight is 550 g/mol. The Morgan fingerprint density at radius 3 is 2.32 bits per heavy atom. The van der Waals surface area contributed by atoms with Gasteiger partial charge in [-0.25, -0.2) is 0 Å². The van der Waals surface area contributed by atoms with E-state index >= 15 is 0 Å². The van der Waals surface area contributed by atoms with Gasteiger partial charge in [-0.1, -0.05) is 72.8 Å². The van der Waals surface area contributed by atoms with Gasteiger partial charge in [-0.3, -0.25) is 14.5 Å². The zero-order valence-corrected chi connectivity index (χ0v) is 22.7. The Balaban J connectivity index is 1.07. The van der Waals surface area contributed by atoms with Gasteiger partial charge in [0.2, 0.25) is 17.1 Å². The van der Waals surface area contributed by atoms with Crippen molar-refractivity contribution >= 4 is 5.91 Å². The summed E-state index contributed by atoms with van der Waals surface area (Å²) in [4.78, 5) is 29.1. The van der Waals surface area contributed by atoms with Crippen LogP contribution in [0.2, 0.25) is 0 Å². The third kappa shape index (κ3) is 7.48. The van der Waals surface area contributed by atoms with Gasteiger partial charge in [0, 0.05) is 32.2 Å². The number of hydrogen-bond acceptors (Lipinski definition) is 7. The SMILES string of the molecule is N#Cc1ccccc1-c1ccc(COc2coc(CN3CCN(C(=O)COCc4ccccc4)CC3)cc2=O)cc1. The summed E-state index contributed by atoms with van der Waals surface area (Å²) in [5, 5.41) is 9.34. The molecule has 1 saturated heterocycles. The Kier molecular flexibility index (Phi) is 9.22. The standard InChI is InChI=1S/C33H31N3O5/c34-19-28-8-4-5-9-30(28)27-12-10-26(11-13-27)22-41-32-23-40-29(18-31(32)37)20-35-14-16-36(17-15-35)33(38)24-39-21-25-6-2-1-3-7-25/h1-13,18,23H,14-17,20-22,24H2. The smallest absolute Gasteiger partial charge is 0.248 e. The van der Waals surface area contributed by atoms with Crippen LogP contribution in [-0.4, -0.2) is 48.5 Å². The van der Waals surface area contributed by atoms with Gasteiger partial charge in [0.05, 0.1) is 24.8 Å². The first-order valence-electron chi connectivity index (χ1n) is 13.5. The molecular weight excluding hydrogens is 518 g/mol. The van der Waals surface area contributed by atoms with Gasteiger partial charge in [0.25, 0.3) is 0 Å². The number of amides is 1. The molecule has 1 aromatic heterocycles. The van der Waals surface area contributed by atoms with E-state index in [4.69, 9.17) is 13.9 Å². The summed E-state index contributed by atoms with van der Waals surface area (Å²) in [7, 11) is 0. The highest BCUT2D eigenvalue weighted by molar-refractivity contribution is 5.77. The number of benzene rings is 3. The predicted octanol–water partition coefficient (Wildman–Crippen LogP) is 4.62. The van der Waals surface area contributed by atoms with Crippen molar-refractivity contribution in [2.45, 2.75) is 19.8 Å². The van der Waals surface area contributed by atoms with E-state index < -0.39 is 0 Å². The molecule has 0 saturated carbocycles. The molecule has 208 valence electrons. The lowest BCUT2D eigenvalue weighted by Gasteiger charge is -2.34.